The van der Waals surface area contributed by atoms with E-state index in [0.717, 1.165) is 18.7 Å². The van der Waals surface area contributed by atoms with E-state index in [-0.39, 0.29) is 6.04 Å². The van der Waals surface area contributed by atoms with Gasteiger partial charge >= 0.3 is 0 Å². The summed E-state index contributed by atoms with van der Waals surface area (Å²) in [5.74, 6) is 0.934. The number of nitrogens with one attached hydrogen (secondary N) is 1. The van der Waals surface area contributed by atoms with Crippen molar-refractivity contribution in [3.63, 3.8) is 0 Å². The first-order valence-electron chi connectivity index (χ1n) is 6.56. The van der Waals surface area contributed by atoms with Gasteiger partial charge in [-0.1, -0.05) is 24.3 Å². The third-order valence-electron chi connectivity index (χ3n) is 3.19. The van der Waals surface area contributed by atoms with Crippen molar-refractivity contribution in [2.45, 2.75) is 19.4 Å². The smallest absolute Gasteiger partial charge is 0.123 e. The van der Waals surface area contributed by atoms with Gasteiger partial charge < -0.3 is 10.1 Å². The topological polar surface area (TPSA) is 34.1 Å². The number of hydrogen-bond acceptors (Lipinski definition) is 3. The van der Waals surface area contributed by atoms with Crippen molar-refractivity contribution in [3.05, 3.63) is 59.9 Å². The van der Waals surface area contributed by atoms with Crippen molar-refractivity contribution in [2.24, 2.45) is 0 Å². The molecule has 100 valence electrons. The van der Waals surface area contributed by atoms with E-state index >= 15 is 0 Å². The molecule has 1 unspecified atom stereocenters. The second-order valence-electron chi connectivity index (χ2n) is 4.53. The highest BCUT2D eigenvalue weighted by atomic mass is 16.5. The summed E-state index contributed by atoms with van der Waals surface area (Å²) in [7, 11) is 1.71. The minimum absolute atomic E-state index is 0.271. The monoisotopic (exact) mass is 256 g/mol. The molecule has 19 heavy (non-hydrogen) atoms. The third-order valence-corrected chi connectivity index (χ3v) is 3.19. The molecule has 2 aromatic rings. The summed E-state index contributed by atoms with van der Waals surface area (Å²) in [6.07, 6.45) is 4.69. The predicted molar refractivity (Wildman–Crippen MR) is 77.4 cm³/mol. The predicted octanol–water partition coefficient (Wildman–Crippen LogP) is 2.98. The quantitative estimate of drug-likeness (QED) is 0.862. The average molecular weight is 256 g/mol. The van der Waals surface area contributed by atoms with Gasteiger partial charge in [0, 0.05) is 24.0 Å². The highest BCUT2D eigenvalue weighted by molar-refractivity contribution is 5.35. The van der Waals surface area contributed by atoms with E-state index in [1.165, 1.54) is 11.1 Å². The number of methoxy groups -OCH3 is 1. The Balaban J connectivity index is 1.89. The van der Waals surface area contributed by atoms with Crippen molar-refractivity contribution in [2.75, 3.05) is 13.7 Å². The number of rotatable bonds is 6. The number of pyridine rings is 1. The molecule has 3 nitrogen and oxygen atoms in total. The molecule has 0 aliphatic heterocycles. The Hall–Kier alpha value is -1.87. The van der Waals surface area contributed by atoms with E-state index in [0.29, 0.717) is 0 Å². The number of para-hydroxylation sites is 1. The average Bonchev–Trinajstić information content (AvgIpc) is 2.48. The first kappa shape index (κ1) is 13.6. The van der Waals surface area contributed by atoms with Gasteiger partial charge in [-0.25, -0.2) is 0 Å². The molecule has 0 bridgehead atoms. The molecule has 2 rings (SSSR count). The summed E-state index contributed by atoms with van der Waals surface area (Å²) < 4.78 is 5.38. The molecule has 0 saturated carbocycles. The number of hydrogen-bond donors (Lipinski definition) is 1. The normalized spacial score (nSPS) is 12.1. The molecule has 0 aliphatic carbocycles. The third kappa shape index (κ3) is 3.80. The van der Waals surface area contributed by atoms with Crippen molar-refractivity contribution in [3.8, 4) is 5.75 Å². The van der Waals surface area contributed by atoms with Gasteiger partial charge in [0.15, 0.2) is 0 Å². The number of ether oxygens (including phenoxy) is 1. The van der Waals surface area contributed by atoms with Crippen molar-refractivity contribution in [1.29, 1.82) is 0 Å². The zero-order valence-electron chi connectivity index (χ0n) is 11.5. The lowest BCUT2D eigenvalue weighted by molar-refractivity contribution is 0.402. The molecule has 1 aromatic heterocycles. The molecule has 1 atom stereocenters. The van der Waals surface area contributed by atoms with Crippen LogP contribution in [0.1, 0.15) is 24.1 Å². The van der Waals surface area contributed by atoms with E-state index in [1.807, 2.05) is 30.5 Å². The molecule has 0 radical (unpaired) electrons. The molecule has 0 amide bonds. The molecular weight excluding hydrogens is 236 g/mol. The Kier molecular flexibility index (Phi) is 4.93. The Morgan fingerprint density at radius 1 is 1.21 bits per heavy atom. The van der Waals surface area contributed by atoms with Crippen molar-refractivity contribution in [1.82, 2.24) is 10.3 Å². The van der Waals surface area contributed by atoms with Crippen LogP contribution in [0, 0.1) is 0 Å². The van der Waals surface area contributed by atoms with Crippen LogP contribution in [-0.2, 0) is 6.42 Å². The molecule has 0 saturated heterocycles. The minimum atomic E-state index is 0.271. The number of aromatic nitrogens is 1. The van der Waals surface area contributed by atoms with Crippen LogP contribution in [0.5, 0.6) is 5.75 Å². The lowest BCUT2D eigenvalue weighted by Crippen LogP contribution is -2.21. The van der Waals surface area contributed by atoms with Crippen LogP contribution in [0.2, 0.25) is 0 Å². The van der Waals surface area contributed by atoms with E-state index in [1.54, 1.807) is 13.3 Å². The van der Waals surface area contributed by atoms with Crippen molar-refractivity contribution < 1.29 is 4.74 Å². The fourth-order valence-electron chi connectivity index (χ4n) is 2.11. The number of benzene rings is 1. The van der Waals surface area contributed by atoms with Crippen LogP contribution in [-0.4, -0.2) is 18.6 Å². The molecule has 0 spiro atoms. The van der Waals surface area contributed by atoms with Gasteiger partial charge in [0.05, 0.1) is 7.11 Å². The second-order valence-corrected chi connectivity index (χ2v) is 4.53. The summed E-state index contributed by atoms with van der Waals surface area (Å²) in [6, 6.07) is 12.5. The Bertz CT molecular complexity index is 499. The molecule has 0 aliphatic rings. The summed E-state index contributed by atoms with van der Waals surface area (Å²) in [4.78, 5) is 4.12. The molecule has 1 N–H and O–H groups in total. The van der Waals surface area contributed by atoms with Crippen LogP contribution in [0.4, 0.5) is 0 Å². The Morgan fingerprint density at radius 2 is 2.05 bits per heavy atom. The second kappa shape index (κ2) is 6.90. The fourth-order valence-corrected chi connectivity index (χ4v) is 2.11. The van der Waals surface area contributed by atoms with Gasteiger partial charge in [-0.05, 0) is 37.6 Å². The maximum absolute atomic E-state index is 5.38. The first-order chi connectivity index (χ1) is 9.31. The molecule has 1 aromatic carbocycles. The first-order valence-corrected chi connectivity index (χ1v) is 6.56. The van der Waals surface area contributed by atoms with Gasteiger partial charge in [-0.2, -0.15) is 0 Å². The largest absolute Gasteiger partial charge is 0.496 e. The zero-order chi connectivity index (χ0) is 13.5. The molecular formula is C16H20N2O. The van der Waals surface area contributed by atoms with Gasteiger partial charge in [0.25, 0.3) is 0 Å². The highest BCUT2D eigenvalue weighted by Crippen LogP contribution is 2.24. The summed E-state index contributed by atoms with van der Waals surface area (Å²) in [6.45, 7) is 3.08. The SMILES string of the molecule is COc1ccccc1C(C)NCCc1cccnc1. The van der Waals surface area contributed by atoms with Crippen LogP contribution >= 0.6 is 0 Å². The Morgan fingerprint density at radius 3 is 2.79 bits per heavy atom. The van der Waals surface area contributed by atoms with Crippen LogP contribution in [0.15, 0.2) is 48.8 Å². The zero-order valence-corrected chi connectivity index (χ0v) is 11.5. The van der Waals surface area contributed by atoms with Gasteiger partial charge in [0.2, 0.25) is 0 Å². The van der Waals surface area contributed by atoms with Gasteiger partial charge in [0.1, 0.15) is 5.75 Å². The Labute approximate surface area is 114 Å². The highest BCUT2D eigenvalue weighted by Gasteiger charge is 2.09. The van der Waals surface area contributed by atoms with E-state index in [4.69, 9.17) is 4.74 Å². The van der Waals surface area contributed by atoms with Crippen molar-refractivity contribution >= 4 is 0 Å². The standard InChI is InChI=1S/C16H20N2O/c1-13(15-7-3-4-8-16(15)19-2)18-11-9-14-6-5-10-17-12-14/h3-8,10,12-13,18H,9,11H2,1-2H3. The molecule has 0 fully saturated rings. The summed E-state index contributed by atoms with van der Waals surface area (Å²) >= 11 is 0. The van der Waals surface area contributed by atoms with Gasteiger partial charge in [-0.15, -0.1) is 0 Å². The molecule has 3 heteroatoms. The minimum Gasteiger partial charge on any atom is -0.496 e. The summed E-state index contributed by atoms with van der Waals surface area (Å²) in [5, 5.41) is 3.51. The maximum Gasteiger partial charge on any atom is 0.123 e. The van der Waals surface area contributed by atoms with E-state index in [9.17, 15) is 0 Å². The number of nitrogens with zero attached hydrogens (tertiary/aromatic N) is 1. The van der Waals surface area contributed by atoms with Gasteiger partial charge in [-0.3, -0.25) is 4.98 Å². The van der Waals surface area contributed by atoms with E-state index in [2.05, 4.69) is 29.4 Å². The molecule has 1 heterocycles. The van der Waals surface area contributed by atoms with Crippen LogP contribution in [0.3, 0.4) is 0 Å². The fraction of sp³-hybridized carbons (Fsp3) is 0.312. The van der Waals surface area contributed by atoms with Crippen LogP contribution in [0.25, 0.3) is 0 Å². The summed E-state index contributed by atoms with van der Waals surface area (Å²) in [5.41, 5.74) is 2.44. The maximum atomic E-state index is 5.38. The lowest BCUT2D eigenvalue weighted by Gasteiger charge is -2.17. The van der Waals surface area contributed by atoms with Crippen LogP contribution < -0.4 is 10.1 Å². The lowest BCUT2D eigenvalue weighted by atomic mass is 10.1. The van der Waals surface area contributed by atoms with E-state index < -0.39 is 0 Å².